The predicted molar refractivity (Wildman–Crippen MR) is 133 cm³/mol. The topological polar surface area (TPSA) is 90.3 Å². The van der Waals surface area contributed by atoms with E-state index in [1.807, 2.05) is 54.7 Å². The van der Waals surface area contributed by atoms with Crippen molar-refractivity contribution in [2.75, 3.05) is 13.2 Å². The molecular formula is C28H29N3O3. The molecule has 6 heteroatoms. The fraction of sp³-hybridized carbons (Fsp3) is 0.250. The van der Waals surface area contributed by atoms with Crippen molar-refractivity contribution in [1.29, 1.82) is 5.26 Å². The van der Waals surface area contributed by atoms with Crippen molar-refractivity contribution in [1.82, 2.24) is 10.3 Å². The number of nitrogens with zero attached hydrogens (tertiary/aromatic N) is 1. The molecule has 3 N–H and O–H groups in total. The van der Waals surface area contributed by atoms with Crippen molar-refractivity contribution in [3.8, 4) is 23.3 Å². The average molecular weight is 456 g/mol. The standard InChI is InChI=1S/C28H29N3O3/c1-28(2,31-18-22(32)19-33-27-5-3-4-26-25(27)14-15-30-26)16-20-6-10-23(11-7-20)34-24-12-8-21(17-29)9-13-24/h3-15,22,30-32H,16,18-19H2,1-2H3. The lowest BCUT2D eigenvalue weighted by Crippen LogP contribution is -2.46. The van der Waals surface area contributed by atoms with Crippen LogP contribution < -0.4 is 14.8 Å². The molecule has 0 aliphatic carbocycles. The minimum atomic E-state index is -0.628. The van der Waals surface area contributed by atoms with Gasteiger partial charge < -0.3 is 24.9 Å². The van der Waals surface area contributed by atoms with E-state index in [2.05, 4.69) is 30.2 Å². The SMILES string of the molecule is CC(C)(Cc1ccc(Oc2ccc(C#N)cc2)cc1)NCC(O)COc1cccc2[nH]ccc12. The highest BCUT2D eigenvalue weighted by Gasteiger charge is 2.20. The van der Waals surface area contributed by atoms with Crippen LogP contribution in [0.15, 0.2) is 79.0 Å². The van der Waals surface area contributed by atoms with Gasteiger partial charge in [0, 0.05) is 29.2 Å². The Kier molecular flexibility index (Phi) is 7.17. The van der Waals surface area contributed by atoms with Crippen LogP contribution in [0.3, 0.4) is 0 Å². The molecule has 4 rings (SSSR count). The fourth-order valence-electron chi connectivity index (χ4n) is 3.80. The lowest BCUT2D eigenvalue weighted by molar-refractivity contribution is 0.0996. The van der Waals surface area contributed by atoms with Gasteiger partial charge in [-0.1, -0.05) is 18.2 Å². The summed E-state index contributed by atoms with van der Waals surface area (Å²) >= 11 is 0. The highest BCUT2D eigenvalue weighted by molar-refractivity contribution is 5.85. The summed E-state index contributed by atoms with van der Waals surface area (Å²) in [7, 11) is 0. The number of hydrogen-bond donors (Lipinski definition) is 3. The van der Waals surface area contributed by atoms with E-state index >= 15 is 0 Å². The molecule has 34 heavy (non-hydrogen) atoms. The molecule has 1 atom stereocenters. The van der Waals surface area contributed by atoms with E-state index in [0.717, 1.165) is 34.4 Å². The van der Waals surface area contributed by atoms with E-state index in [1.165, 1.54) is 0 Å². The number of nitriles is 1. The van der Waals surface area contributed by atoms with Crippen molar-refractivity contribution in [3.05, 3.63) is 90.1 Å². The number of rotatable bonds is 10. The van der Waals surface area contributed by atoms with Gasteiger partial charge in [0.1, 0.15) is 30.0 Å². The van der Waals surface area contributed by atoms with Crippen LogP contribution in [0.2, 0.25) is 0 Å². The first-order valence-electron chi connectivity index (χ1n) is 11.3. The first-order chi connectivity index (χ1) is 16.4. The number of nitrogens with one attached hydrogen (secondary N) is 2. The second kappa shape index (κ2) is 10.4. The van der Waals surface area contributed by atoms with Crippen molar-refractivity contribution in [3.63, 3.8) is 0 Å². The molecular weight excluding hydrogens is 426 g/mol. The van der Waals surface area contributed by atoms with Crippen LogP contribution in [0.4, 0.5) is 0 Å². The zero-order chi connectivity index (χ0) is 24.0. The van der Waals surface area contributed by atoms with Gasteiger partial charge in [0.25, 0.3) is 0 Å². The molecule has 6 nitrogen and oxygen atoms in total. The normalized spacial score (nSPS) is 12.3. The van der Waals surface area contributed by atoms with Crippen molar-refractivity contribution in [2.45, 2.75) is 31.9 Å². The number of aliphatic hydroxyl groups is 1. The monoisotopic (exact) mass is 455 g/mol. The summed E-state index contributed by atoms with van der Waals surface area (Å²) in [6, 6.07) is 24.9. The van der Waals surface area contributed by atoms with Crippen molar-refractivity contribution < 1.29 is 14.6 Å². The average Bonchev–Trinajstić information content (AvgIpc) is 3.33. The van der Waals surface area contributed by atoms with Gasteiger partial charge in [0.05, 0.1) is 11.6 Å². The Balaban J connectivity index is 1.25. The first kappa shape index (κ1) is 23.4. The van der Waals surface area contributed by atoms with Crippen LogP contribution in [0, 0.1) is 11.3 Å². The van der Waals surface area contributed by atoms with Crippen LogP contribution in [0.25, 0.3) is 10.9 Å². The summed E-state index contributed by atoms with van der Waals surface area (Å²) < 4.78 is 11.7. The maximum absolute atomic E-state index is 10.4. The van der Waals surface area contributed by atoms with Gasteiger partial charge in [-0.15, -0.1) is 0 Å². The minimum Gasteiger partial charge on any atom is -0.490 e. The molecule has 1 unspecified atom stereocenters. The minimum absolute atomic E-state index is 0.211. The lowest BCUT2D eigenvalue weighted by Gasteiger charge is -2.28. The fourth-order valence-corrected chi connectivity index (χ4v) is 3.80. The van der Waals surface area contributed by atoms with Crippen molar-refractivity contribution in [2.24, 2.45) is 0 Å². The number of aromatic nitrogens is 1. The van der Waals surface area contributed by atoms with Crippen LogP contribution in [0.1, 0.15) is 25.0 Å². The second-order valence-electron chi connectivity index (χ2n) is 8.98. The Labute approximate surface area is 199 Å². The number of aliphatic hydroxyl groups excluding tert-OH is 1. The molecule has 0 aliphatic heterocycles. The molecule has 0 saturated heterocycles. The van der Waals surface area contributed by atoms with Gasteiger partial charge in [-0.2, -0.15) is 5.26 Å². The van der Waals surface area contributed by atoms with Crippen LogP contribution in [0.5, 0.6) is 17.2 Å². The van der Waals surface area contributed by atoms with E-state index in [-0.39, 0.29) is 12.1 Å². The third kappa shape index (κ3) is 6.16. The molecule has 0 bridgehead atoms. The molecule has 3 aromatic carbocycles. The Morgan fingerprint density at radius 2 is 1.71 bits per heavy atom. The zero-order valence-electron chi connectivity index (χ0n) is 19.4. The summed E-state index contributed by atoms with van der Waals surface area (Å²) in [4.78, 5) is 3.16. The smallest absolute Gasteiger partial charge is 0.128 e. The van der Waals surface area contributed by atoms with Gasteiger partial charge in [0.2, 0.25) is 0 Å². The highest BCUT2D eigenvalue weighted by Crippen LogP contribution is 2.25. The molecule has 4 aromatic rings. The molecule has 0 amide bonds. The molecule has 0 fully saturated rings. The number of fused-ring (bicyclic) bond motifs is 1. The van der Waals surface area contributed by atoms with E-state index < -0.39 is 6.10 Å². The quantitative estimate of drug-likeness (QED) is 0.306. The van der Waals surface area contributed by atoms with Crippen LogP contribution in [-0.4, -0.2) is 34.9 Å². The van der Waals surface area contributed by atoms with Gasteiger partial charge >= 0.3 is 0 Å². The Bertz CT molecular complexity index is 1250. The Hall–Kier alpha value is -3.79. The lowest BCUT2D eigenvalue weighted by atomic mass is 9.94. The van der Waals surface area contributed by atoms with E-state index in [0.29, 0.717) is 17.9 Å². The van der Waals surface area contributed by atoms with Crippen LogP contribution in [-0.2, 0) is 6.42 Å². The molecule has 0 aliphatic rings. The maximum Gasteiger partial charge on any atom is 0.128 e. The van der Waals surface area contributed by atoms with Gasteiger partial charge in [-0.25, -0.2) is 0 Å². The van der Waals surface area contributed by atoms with Gasteiger partial charge in [-0.3, -0.25) is 0 Å². The summed E-state index contributed by atoms with van der Waals surface area (Å²) in [5, 5.41) is 23.8. The molecule has 1 aromatic heterocycles. The number of H-pyrrole nitrogens is 1. The third-order valence-electron chi connectivity index (χ3n) is 5.59. The Morgan fingerprint density at radius 3 is 2.41 bits per heavy atom. The van der Waals surface area contributed by atoms with E-state index in [9.17, 15) is 5.11 Å². The highest BCUT2D eigenvalue weighted by atomic mass is 16.5. The van der Waals surface area contributed by atoms with Crippen LogP contribution >= 0.6 is 0 Å². The molecule has 0 spiro atoms. The van der Waals surface area contributed by atoms with E-state index in [1.54, 1.807) is 24.3 Å². The summed E-state index contributed by atoms with van der Waals surface area (Å²) in [6.45, 7) is 4.87. The number of hydrogen-bond acceptors (Lipinski definition) is 5. The predicted octanol–water partition coefficient (Wildman–Crippen LogP) is 5.18. The summed E-state index contributed by atoms with van der Waals surface area (Å²) in [6.07, 6.45) is 2.04. The molecule has 0 saturated carbocycles. The number of benzene rings is 3. The third-order valence-corrected chi connectivity index (χ3v) is 5.59. The molecule has 1 heterocycles. The van der Waals surface area contributed by atoms with Crippen molar-refractivity contribution >= 4 is 10.9 Å². The second-order valence-corrected chi connectivity index (χ2v) is 8.98. The molecule has 174 valence electrons. The number of ether oxygens (including phenoxy) is 2. The Morgan fingerprint density at radius 1 is 1.00 bits per heavy atom. The summed E-state index contributed by atoms with van der Waals surface area (Å²) in [5.41, 5.74) is 2.57. The van der Waals surface area contributed by atoms with E-state index in [4.69, 9.17) is 14.7 Å². The zero-order valence-corrected chi connectivity index (χ0v) is 19.4. The first-order valence-corrected chi connectivity index (χ1v) is 11.3. The maximum atomic E-state index is 10.4. The molecule has 0 radical (unpaired) electrons. The summed E-state index contributed by atoms with van der Waals surface area (Å²) in [5.74, 6) is 2.20. The van der Waals surface area contributed by atoms with Gasteiger partial charge in [-0.05, 0) is 80.4 Å². The van der Waals surface area contributed by atoms with Gasteiger partial charge in [0.15, 0.2) is 0 Å². The largest absolute Gasteiger partial charge is 0.490 e. The number of β-amino-alcohol motifs (C(OH)–C–C–N with tert-alkyl or cyclic N) is 1. The number of aromatic amines is 1.